The monoisotopic (exact) mass is 202 g/mol. The van der Waals surface area contributed by atoms with Crippen molar-refractivity contribution in [2.45, 2.75) is 19.3 Å². The molecule has 15 heavy (non-hydrogen) atoms. The predicted molar refractivity (Wildman–Crippen MR) is 61.9 cm³/mol. The number of rotatable bonds is 2. The van der Waals surface area contributed by atoms with Gasteiger partial charge in [0.05, 0.1) is 0 Å². The highest BCUT2D eigenvalue weighted by Crippen LogP contribution is 2.19. The number of benzene rings is 1. The van der Waals surface area contributed by atoms with Gasteiger partial charge in [-0.05, 0) is 42.9 Å². The van der Waals surface area contributed by atoms with Crippen LogP contribution in [-0.2, 0) is 0 Å². The summed E-state index contributed by atoms with van der Waals surface area (Å²) in [6, 6.07) is 6.69. The molecule has 0 saturated heterocycles. The van der Waals surface area contributed by atoms with Crippen LogP contribution >= 0.6 is 0 Å². The molecule has 0 aliphatic heterocycles. The third kappa shape index (κ3) is 3.05. The molecule has 0 amide bonds. The van der Waals surface area contributed by atoms with Crippen molar-refractivity contribution in [2.75, 3.05) is 0 Å². The molecule has 0 nitrogen and oxygen atoms in total. The maximum atomic E-state index is 12.9. The molecule has 1 atom stereocenters. The van der Waals surface area contributed by atoms with E-state index in [1.807, 2.05) is 12.1 Å². The summed E-state index contributed by atoms with van der Waals surface area (Å²) in [5.41, 5.74) is 0.939. The molecule has 1 aromatic carbocycles. The van der Waals surface area contributed by atoms with Crippen molar-refractivity contribution in [3.63, 3.8) is 0 Å². The zero-order valence-corrected chi connectivity index (χ0v) is 8.70. The highest BCUT2D eigenvalue weighted by molar-refractivity contribution is 5.49. The minimum Gasteiger partial charge on any atom is -0.207 e. The van der Waals surface area contributed by atoms with E-state index in [1.165, 1.54) is 25.3 Å². The molecule has 1 aliphatic rings. The minimum atomic E-state index is -0.170. The Kier molecular flexibility index (Phi) is 3.33. The fourth-order valence-electron chi connectivity index (χ4n) is 1.84. The Hall–Kier alpha value is -1.37. The average Bonchev–Trinajstić information content (AvgIpc) is 2.28. The molecule has 0 unspecified atom stereocenters. The van der Waals surface area contributed by atoms with Crippen molar-refractivity contribution < 1.29 is 4.39 Å². The van der Waals surface area contributed by atoms with Crippen LogP contribution in [0.4, 0.5) is 4.39 Å². The van der Waals surface area contributed by atoms with E-state index in [2.05, 4.69) is 18.2 Å². The largest absolute Gasteiger partial charge is 0.207 e. The lowest BCUT2D eigenvalue weighted by molar-refractivity contribution is 0.627. The summed E-state index contributed by atoms with van der Waals surface area (Å²) < 4.78 is 12.9. The molecule has 1 aliphatic carbocycles. The van der Waals surface area contributed by atoms with Gasteiger partial charge in [-0.1, -0.05) is 36.4 Å². The molecule has 0 heterocycles. The zero-order valence-electron chi connectivity index (χ0n) is 8.70. The summed E-state index contributed by atoms with van der Waals surface area (Å²) in [7, 11) is 0. The third-order valence-corrected chi connectivity index (χ3v) is 2.68. The van der Waals surface area contributed by atoms with Crippen LogP contribution in [0, 0.1) is 11.7 Å². The van der Waals surface area contributed by atoms with E-state index in [1.54, 1.807) is 12.1 Å². The second kappa shape index (κ2) is 4.92. The van der Waals surface area contributed by atoms with Crippen LogP contribution in [0.15, 0.2) is 42.5 Å². The topological polar surface area (TPSA) is 0 Å². The normalized spacial score (nSPS) is 21.0. The van der Waals surface area contributed by atoms with Gasteiger partial charge in [0.25, 0.3) is 0 Å². The Bertz CT molecular complexity index is 377. The standard InChI is InChI=1S/C14H15F/c15-14-8-4-7-13(11-14)10-9-12-5-2-1-3-6-12/h2,4-5,7-12H,1,3,6H2/b10-9+/t12-/m1/s1. The molecule has 1 heteroatoms. The summed E-state index contributed by atoms with van der Waals surface area (Å²) in [5, 5.41) is 0. The van der Waals surface area contributed by atoms with E-state index in [9.17, 15) is 4.39 Å². The second-order valence-corrected chi connectivity index (χ2v) is 3.94. The van der Waals surface area contributed by atoms with Crippen LogP contribution in [0.5, 0.6) is 0 Å². The molecule has 1 aromatic rings. The summed E-state index contributed by atoms with van der Waals surface area (Å²) in [6.45, 7) is 0. The van der Waals surface area contributed by atoms with E-state index < -0.39 is 0 Å². The minimum absolute atomic E-state index is 0.170. The summed E-state index contributed by atoms with van der Waals surface area (Å²) >= 11 is 0. The average molecular weight is 202 g/mol. The van der Waals surface area contributed by atoms with Gasteiger partial charge in [0.15, 0.2) is 0 Å². The van der Waals surface area contributed by atoms with Gasteiger partial charge in [-0.2, -0.15) is 0 Å². The fourth-order valence-corrected chi connectivity index (χ4v) is 1.84. The van der Waals surface area contributed by atoms with Crippen LogP contribution < -0.4 is 0 Å². The van der Waals surface area contributed by atoms with E-state index in [0.717, 1.165) is 5.56 Å². The van der Waals surface area contributed by atoms with Crippen LogP contribution in [0.2, 0.25) is 0 Å². The molecule has 78 valence electrons. The van der Waals surface area contributed by atoms with Gasteiger partial charge in [-0.25, -0.2) is 4.39 Å². The molecule has 0 fully saturated rings. The molecule has 0 saturated carbocycles. The maximum absolute atomic E-state index is 12.9. The Morgan fingerprint density at radius 3 is 3.00 bits per heavy atom. The number of hydrogen-bond acceptors (Lipinski definition) is 0. The van der Waals surface area contributed by atoms with Crippen molar-refractivity contribution in [3.05, 3.63) is 53.9 Å². The lowest BCUT2D eigenvalue weighted by Gasteiger charge is -2.11. The van der Waals surface area contributed by atoms with Crippen LogP contribution in [0.25, 0.3) is 6.08 Å². The van der Waals surface area contributed by atoms with Gasteiger partial charge < -0.3 is 0 Å². The van der Waals surface area contributed by atoms with Crippen molar-refractivity contribution in [2.24, 2.45) is 5.92 Å². The zero-order chi connectivity index (χ0) is 10.5. The SMILES string of the molecule is Fc1cccc(/C=C/[C@@H]2C=CCCC2)c1. The van der Waals surface area contributed by atoms with E-state index >= 15 is 0 Å². The first-order chi connectivity index (χ1) is 7.34. The Balaban J connectivity index is 2.04. The molecule has 0 aromatic heterocycles. The summed E-state index contributed by atoms with van der Waals surface area (Å²) in [4.78, 5) is 0. The van der Waals surface area contributed by atoms with Crippen molar-refractivity contribution in [3.8, 4) is 0 Å². The van der Waals surface area contributed by atoms with Gasteiger partial charge in [-0.15, -0.1) is 0 Å². The van der Waals surface area contributed by atoms with Crippen LogP contribution in [0.1, 0.15) is 24.8 Å². The van der Waals surface area contributed by atoms with Gasteiger partial charge in [0.1, 0.15) is 5.82 Å². The quantitative estimate of drug-likeness (QED) is 0.631. The maximum Gasteiger partial charge on any atom is 0.123 e. The Morgan fingerprint density at radius 1 is 1.33 bits per heavy atom. The predicted octanol–water partition coefficient (Wildman–Crippen LogP) is 4.20. The second-order valence-electron chi connectivity index (χ2n) is 3.94. The number of halogens is 1. The molecule has 2 rings (SSSR count). The highest BCUT2D eigenvalue weighted by Gasteiger charge is 2.03. The van der Waals surface area contributed by atoms with E-state index in [0.29, 0.717) is 5.92 Å². The number of allylic oxidation sites excluding steroid dienone is 3. The summed E-state index contributed by atoms with van der Waals surface area (Å²) in [6.07, 6.45) is 12.3. The van der Waals surface area contributed by atoms with E-state index in [-0.39, 0.29) is 5.82 Å². The van der Waals surface area contributed by atoms with Gasteiger partial charge in [0, 0.05) is 0 Å². The van der Waals surface area contributed by atoms with Gasteiger partial charge in [0.2, 0.25) is 0 Å². The molecule has 0 radical (unpaired) electrons. The van der Waals surface area contributed by atoms with Gasteiger partial charge >= 0.3 is 0 Å². The lowest BCUT2D eigenvalue weighted by Crippen LogP contribution is -1.95. The van der Waals surface area contributed by atoms with Gasteiger partial charge in [-0.3, -0.25) is 0 Å². The fraction of sp³-hybridized carbons (Fsp3) is 0.286. The Morgan fingerprint density at radius 2 is 2.27 bits per heavy atom. The molecular formula is C14H15F. The first-order valence-electron chi connectivity index (χ1n) is 5.45. The van der Waals surface area contributed by atoms with Crippen molar-refractivity contribution in [1.29, 1.82) is 0 Å². The van der Waals surface area contributed by atoms with Crippen molar-refractivity contribution in [1.82, 2.24) is 0 Å². The lowest BCUT2D eigenvalue weighted by atomic mass is 9.95. The highest BCUT2D eigenvalue weighted by atomic mass is 19.1. The van der Waals surface area contributed by atoms with Crippen LogP contribution in [-0.4, -0.2) is 0 Å². The molecule has 0 N–H and O–H groups in total. The number of hydrogen-bond donors (Lipinski definition) is 0. The molecule has 0 spiro atoms. The molecular weight excluding hydrogens is 187 g/mol. The summed E-state index contributed by atoms with van der Waals surface area (Å²) in [5.74, 6) is 0.360. The van der Waals surface area contributed by atoms with E-state index in [4.69, 9.17) is 0 Å². The van der Waals surface area contributed by atoms with Crippen molar-refractivity contribution >= 4 is 6.08 Å². The van der Waals surface area contributed by atoms with Crippen LogP contribution in [0.3, 0.4) is 0 Å². The first-order valence-corrected chi connectivity index (χ1v) is 5.45. The third-order valence-electron chi connectivity index (χ3n) is 2.68. The molecule has 0 bridgehead atoms. The Labute approximate surface area is 90.1 Å². The first kappa shape index (κ1) is 10.2. The smallest absolute Gasteiger partial charge is 0.123 e.